The Morgan fingerprint density at radius 3 is 2.62 bits per heavy atom. The summed E-state index contributed by atoms with van der Waals surface area (Å²) in [5.41, 5.74) is 1.11. The monoisotopic (exact) mass is 240 g/mol. The van der Waals surface area contributed by atoms with Crippen LogP contribution >= 0.6 is 0 Å². The van der Waals surface area contributed by atoms with Crippen LogP contribution in [-0.2, 0) is 16.5 Å². The lowest BCUT2D eigenvalue weighted by Gasteiger charge is -2.09. The number of benzene rings is 1. The van der Waals surface area contributed by atoms with Crippen molar-refractivity contribution in [2.24, 2.45) is 0 Å². The van der Waals surface area contributed by atoms with Crippen LogP contribution in [0.5, 0.6) is 0 Å². The van der Waals surface area contributed by atoms with Crippen LogP contribution < -0.4 is 0 Å². The lowest BCUT2D eigenvalue weighted by Crippen LogP contribution is -2.05. The van der Waals surface area contributed by atoms with Gasteiger partial charge in [0, 0.05) is 0 Å². The fraction of sp³-hybridized carbons (Fsp3) is 0.333. The average molecular weight is 240 g/mol. The average Bonchev–Trinajstić information content (AvgIpc) is 2.24. The Morgan fingerprint density at radius 1 is 1.44 bits per heavy atom. The van der Waals surface area contributed by atoms with E-state index >= 15 is 0 Å². The van der Waals surface area contributed by atoms with Crippen LogP contribution in [0.3, 0.4) is 0 Å². The molecule has 0 fully saturated rings. The summed E-state index contributed by atoms with van der Waals surface area (Å²) in [6.45, 7) is 5.58. The third-order valence-corrected chi connectivity index (χ3v) is 3.42. The van der Waals surface area contributed by atoms with Gasteiger partial charge in [-0.05, 0) is 24.0 Å². The van der Waals surface area contributed by atoms with Crippen molar-refractivity contribution in [1.29, 1.82) is 0 Å². The third kappa shape index (κ3) is 2.93. The molecular weight excluding hydrogens is 224 g/mol. The van der Waals surface area contributed by atoms with Gasteiger partial charge in [0.2, 0.25) is 0 Å². The zero-order valence-electron chi connectivity index (χ0n) is 9.31. The van der Waals surface area contributed by atoms with Crippen LogP contribution in [-0.4, -0.2) is 13.0 Å². The molecule has 0 bridgehead atoms. The predicted molar refractivity (Wildman–Crippen MR) is 65.0 cm³/mol. The zero-order chi connectivity index (χ0) is 12.2. The van der Waals surface area contributed by atoms with E-state index in [0.29, 0.717) is 17.5 Å². The maximum atomic E-state index is 11.3. The summed E-state index contributed by atoms with van der Waals surface area (Å²) in [6.07, 6.45) is 3.96. The number of rotatable bonds is 5. The number of hydrogen-bond acceptors (Lipinski definition) is 2. The summed E-state index contributed by atoms with van der Waals surface area (Å²) < 4.78 is 31.8. The maximum absolute atomic E-state index is 11.3. The second-order valence-corrected chi connectivity index (χ2v) is 4.98. The van der Waals surface area contributed by atoms with Gasteiger partial charge in [-0.15, -0.1) is 0 Å². The maximum Gasteiger partial charge on any atom is 0.295 e. The molecule has 0 radical (unpaired) electrons. The van der Waals surface area contributed by atoms with Crippen molar-refractivity contribution in [2.45, 2.75) is 31.1 Å². The lowest BCUT2D eigenvalue weighted by molar-refractivity contribution is 0.481. The molecule has 0 saturated carbocycles. The molecule has 4 heteroatoms. The summed E-state index contributed by atoms with van der Waals surface area (Å²) in [5, 5.41) is 0. The quantitative estimate of drug-likeness (QED) is 0.805. The first-order valence-electron chi connectivity index (χ1n) is 5.22. The second kappa shape index (κ2) is 5.27. The van der Waals surface area contributed by atoms with E-state index in [2.05, 4.69) is 6.58 Å². The standard InChI is InChI=1S/C12H16O3S/c1-3-5-7-11-9-6-8-10(4-2)12(11)16(13,14)15/h4,6,8-9H,2-3,5,7H2,1H3,(H,13,14,15). The molecule has 0 aromatic heterocycles. The fourth-order valence-corrected chi connectivity index (χ4v) is 2.59. The fourth-order valence-electron chi connectivity index (χ4n) is 1.64. The zero-order valence-corrected chi connectivity index (χ0v) is 10.1. The Bertz CT molecular complexity index is 475. The molecule has 1 aromatic rings. The van der Waals surface area contributed by atoms with Crippen molar-refractivity contribution < 1.29 is 13.0 Å². The highest BCUT2D eigenvalue weighted by Gasteiger charge is 2.18. The van der Waals surface area contributed by atoms with Gasteiger partial charge in [-0.2, -0.15) is 8.42 Å². The Morgan fingerprint density at radius 2 is 2.12 bits per heavy atom. The summed E-state index contributed by atoms with van der Waals surface area (Å²) >= 11 is 0. The molecule has 16 heavy (non-hydrogen) atoms. The highest BCUT2D eigenvalue weighted by molar-refractivity contribution is 7.86. The molecule has 1 aromatic carbocycles. The number of unbranched alkanes of at least 4 members (excludes halogenated alkanes) is 1. The second-order valence-electron chi connectivity index (χ2n) is 3.62. The topological polar surface area (TPSA) is 54.4 Å². The van der Waals surface area contributed by atoms with Gasteiger partial charge in [-0.3, -0.25) is 4.55 Å². The van der Waals surface area contributed by atoms with Gasteiger partial charge in [0.1, 0.15) is 4.90 Å². The number of aryl methyl sites for hydroxylation is 1. The molecule has 1 N–H and O–H groups in total. The van der Waals surface area contributed by atoms with Gasteiger partial charge >= 0.3 is 0 Å². The molecule has 0 atom stereocenters. The Kier molecular flexibility index (Phi) is 4.26. The van der Waals surface area contributed by atoms with Gasteiger partial charge in [-0.25, -0.2) is 0 Å². The van der Waals surface area contributed by atoms with E-state index in [1.165, 1.54) is 6.08 Å². The Hall–Kier alpha value is -1.13. The first-order chi connectivity index (χ1) is 7.50. The molecule has 0 saturated heterocycles. The Labute approximate surface area is 96.6 Å². The summed E-state index contributed by atoms with van der Waals surface area (Å²) in [7, 11) is -4.18. The van der Waals surface area contributed by atoms with Crippen molar-refractivity contribution in [2.75, 3.05) is 0 Å². The van der Waals surface area contributed by atoms with Crippen LogP contribution in [0.2, 0.25) is 0 Å². The van der Waals surface area contributed by atoms with Crippen molar-refractivity contribution >= 4 is 16.2 Å². The molecule has 0 aliphatic carbocycles. The van der Waals surface area contributed by atoms with Crippen molar-refractivity contribution in [3.05, 3.63) is 35.9 Å². The lowest BCUT2D eigenvalue weighted by atomic mass is 10.1. The molecule has 1 rings (SSSR count). The minimum absolute atomic E-state index is 0.00144. The van der Waals surface area contributed by atoms with Crippen molar-refractivity contribution in [3.63, 3.8) is 0 Å². The Balaban J connectivity index is 3.32. The highest BCUT2D eigenvalue weighted by Crippen LogP contribution is 2.23. The van der Waals surface area contributed by atoms with E-state index in [-0.39, 0.29) is 4.90 Å². The van der Waals surface area contributed by atoms with Crippen LogP contribution in [0.25, 0.3) is 6.08 Å². The molecule has 0 heterocycles. The molecule has 0 aliphatic heterocycles. The molecule has 0 amide bonds. The minimum atomic E-state index is -4.18. The summed E-state index contributed by atoms with van der Waals surface area (Å²) in [4.78, 5) is -0.00144. The van der Waals surface area contributed by atoms with E-state index < -0.39 is 10.1 Å². The molecule has 0 aliphatic rings. The van der Waals surface area contributed by atoms with Crippen LogP contribution in [0.1, 0.15) is 30.9 Å². The van der Waals surface area contributed by atoms with Crippen molar-refractivity contribution in [1.82, 2.24) is 0 Å². The normalized spacial score (nSPS) is 11.4. The van der Waals surface area contributed by atoms with Gasteiger partial charge < -0.3 is 0 Å². The molecule has 0 spiro atoms. The van der Waals surface area contributed by atoms with E-state index in [4.69, 9.17) is 0 Å². The van der Waals surface area contributed by atoms with Crippen LogP contribution in [0, 0.1) is 0 Å². The van der Waals surface area contributed by atoms with Crippen molar-refractivity contribution in [3.8, 4) is 0 Å². The summed E-state index contributed by atoms with van der Waals surface area (Å²) in [6, 6.07) is 5.13. The van der Waals surface area contributed by atoms with E-state index in [9.17, 15) is 13.0 Å². The van der Waals surface area contributed by atoms with Crippen LogP contribution in [0.15, 0.2) is 29.7 Å². The van der Waals surface area contributed by atoms with E-state index in [1.54, 1.807) is 18.2 Å². The van der Waals surface area contributed by atoms with Crippen LogP contribution in [0.4, 0.5) is 0 Å². The highest BCUT2D eigenvalue weighted by atomic mass is 32.2. The minimum Gasteiger partial charge on any atom is -0.282 e. The number of hydrogen-bond donors (Lipinski definition) is 1. The third-order valence-electron chi connectivity index (χ3n) is 2.40. The summed E-state index contributed by atoms with van der Waals surface area (Å²) in [5.74, 6) is 0. The molecular formula is C12H16O3S. The first-order valence-corrected chi connectivity index (χ1v) is 6.66. The molecule has 88 valence electrons. The van der Waals surface area contributed by atoms with Gasteiger partial charge in [0.05, 0.1) is 0 Å². The largest absolute Gasteiger partial charge is 0.295 e. The van der Waals surface area contributed by atoms with Gasteiger partial charge in [0.25, 0.3) is 10.1 Å². The molecule has 0 unspecified atom stereocenters. The first kappa shape index (κ1) is 12.9. The van der Waals surface area contributed by atoms with E-state index in [1.807, 2.05) is 6.92 Å². The van der Waals surface area contributed by atoms with Gasteiger partial charge in [0.15, 0.2) is 0 Å². The smallest absolute Gasteiger partial charge is 0.282 e. The predicted octanol–water partition coefficient (Wildman–Crippen LogP) is 2.92. The SMILES string of the molecule is C=Cc1cccc(CCCC)c1S(=O)(=O)O. The van der Waals surface area contributed by atoms with Gasteiger partial charge in [-0.1, -0.05) is 44.2 Å². The van der Waals surface area contributed by atoms with E-state index in [0.717, 1.165) is 12.8 Å². The molecule has 3 nitrogen and oxygen atoms in total.